The van der Waals surface area contributed by atoms with E-state index >= 15 is 0 Å². The number of carboxylic acid groups (broad SMARTS) is 1. The molecule has 6 heteroatoms. The molecule has 0 saturated carbocycles. The summed E-state index contributed by atoms with van der Waals surface area (Å²) in [7, 11) is 1.63. The molecule has 2 amide bonds. The molecule has 0 unspecified atom stereocenters. The number of urea groups is 1. The number of amides is 2. The third-order valence-electron chi connectivity index (χ3n) is 2.35. The number of aromatic carboxylic acids is 1. The van der Waals surface area contributed by atoms with Gasteiger partial charge in [-0.05, 0) is 24.6 Å². The summed E-state index contributed by atoms with van der Waals surface area (Å²) in [6.07, 6.45) is 0.813. The molecule has 0 aliphatic carbocycles. The topological polar surface area (TPSA) is 69.6 Å². The van der Waals surface area contributed by atoms with Crippen molar-refractivity contribution in [3.05, 3.63) is 29.6 Å². The summed E-state index contributed by atoms with van der Waals surface area (Å²) in [4.78, 5) is 23.8. The Kier molecular flexibility index (Phi) is 4.65. The molecule has 0 heterocycles. The van der Waals surface area contributed by atoms with Crippen molar-refractivity contribution in [2.45, 2.75) is 13.3 Å². The van der Waals surface area contributed by atoms with Crippen LogP contribution in [0.5, 0.6) is 0 Å². The van der Waals surface area contributed by atoms with E-state index in [2.05, 4.69) is 5.32 Å². The Hall–Kier alpha value is -2.11. The second-order valence-corrected chi connectivity index (χ2v) is 3.85. The number of halogens is 1. The minimum absolute atomic E-state index is 0.252. The van der Waals surface area contributed by atoms with Crippen LogP contribution in [0.25, 0.3) is 0 Å². The van der Waals surface area contributed by atoms with Gasteiger partial charge in [-0.2, -0.15) is 0 Å². The van der Waals surface area contributed by atoms with Crippen molar-refractivity contribution in [3.63, 3.8) is 0 Å². The van der Waals surface area contributed by atoms with Crippen molar-refractivity contribution in [2.75, 3.05) is 18.9 Å². The summed E-state index contributed by atoms with van der Waals surface area (Å²) in [6, 6.07) is 3.06. The molecule has 5 nitrogen and oxygen atoms in total. The summed E-state index contributed by atoms with van der Waals surface area (Å²) in [5, 5.41) is 11.3. The number of carbonyl (C=O) groups excluding carboxylic acids is 1. The maximum Gasteiger partial charge on any atom is 0.338 e. The quantitative estimate of drug-likeness (QED) is 0.866. The molecule has 0 radical (unpaired) electrons. The van der Waals surface area contributed by atoms with Crippen LogP contribution >= 0.6 is 0 Å². The SMILES string of the molecule is CCCN(C)C(=O)Nc1ccc(F)c(C(=O)O)c1. The maximum atomic E-state index is 13.1. The van der Waals surface area contributed by atoms with Crippen molar-refractivity contribution in [2.24, 2.45) is 0 Å². The van der Waals surface area contributed by atoms with Gasteiger partial charge in [0.05, 0.1) is 5.56 Å². The molecule has 18 heavy (non-hydrogen) atoms. The highest BCUT2D eigenvalue weighted by Gasteiger charge is 2.13. The van der Waals surface area contributed by atoms with Crippen LogP contribution in [0.4, 0.5) is 14.9 Å². The largest absolute Gasteiger partial charge is 0.478 e. The number of carbonyl (C=O) groups is 2. The van der Waals surface area contributed by atoms with Gasteiger partial charge in [-0.3, -0.25) is 0 Å². The molecular formula is C12H15FN2O3. The van der Waals surface area contributed by atoms with Gasteiger partial charge in [-0.25, -0.2) is 14.0 Å². The summed E-state index contributed by atoms with van der Waals surface area (Å²) >= 11 is 0. The Bertz CT molecular complexity index is 463. The highest BCUT2D eigenvalue weighted by molar-refractivity contribution is 5.93. The number of nitrogens with zero attached hydrogens (tertiary/aromatic N) is 1. The van der Waals surface area contributed by atoms with Gasteiger partial charge in [0.25, 0.3) is 0 Å². The molecule has 0 atom stereocenters. The van der Waals surface area contributed by atoms with Gasteiger partial charge in [0.2, 0.25) is 0 Å². The predicted molar refractivity (Wildman–Crippen MR) is 65.3 cm³/mol. The van der Waals surface area contributed by atoms with Crippen LogP contribution in [0.3, 0.4) is 0 Å². The van der Waals surface area contributed by atoms with Crippen molar-refractivity contribution >= 4 is 17.7 Å². The van der Waals surface area contributed by atoms with E-state index < -0.39 is 17.3 Å². The Morgan fingerprint density at radius 2 is 2.11 bits per heavy atom. The van der Waals surface area contributed by atoms with E-state index in [1.54, 1.807) is 7.05 Å². The third-order valence-corrected chi connectivity index (χ3v) is 2.35. The van der Waals surface area contributed by atoms with E-state index in [1.165, 1.54) is 11.0 Å². The fourth-order valence-electron chi connectivity index (χ4n) is 1.42. The van der Waals surface area contributed by atoms with E-state index in [4.69, 9.17) is 5.11 Å². The second kappa shape index (κ2) is 6.00. The summed E-state index contributed by atoms with van der Waals surface area (Å²) in [5.74, 6) is -2.20. The van der Waals surface area contributed by atoms with Crippen molar-refractivity contribution in [3.8, 4) is 0 Å². The number of nitrogens with one attached hydrogen (secondary N) is 1. The average molecular weight is 254 g/mol. The molecule has 0 bridgehead atoms. The number of hydrogen-bond acceptors (Lipinski definition) is 2. The minimum Gasteiger partial charge on any atom is -0.478 e. The standard InChI is InChI=1S/C12H15FN2O3/c1-3-6-15(2)12(18)14-8-4-5-10(13)9(7-8)11(16)17/h4-5,7H,3,6H2,1-2H3,(H,14,18)(H,16,17). The normalized spacial score (nSPS) is 9.94. The molecule has 0 fully saturated rings. The van der Waals surface area contributed by atoms with Crippen molar-refractivity contribution in [1.82, 2.24) is 4.90 Å². The zero-order chi connectivity index (χ0) is 13.7. The zero-order valence-electron chi connectivity index (χ0n) is 10.2. The highest BCUT2D eigenvalue weighted by Crippen LogP contribution is 2.15. The minimum atomic E-state index is -1.37. The van der Waals surface area contributed by atoms with Crippen LogP contribution in [0.15, 0.2) is 18.2 Å². The van der Waals surface area contributed by atoms with Crippen molar-refractivity contribution < 1.29 is 19.1 Å². The molecule has 2 N–H and O–H groups in total. The summed E-state index contributed by atoms with van der Waals surface area (Å²) in [5.41, 5.74) is -0.215. The lowest BCUT2D eigenvalue weighted by Gasteiger charge is -2.17. The Labute approximate surface area is 104 Å². The number of rotatable bonds is 4. The molecule has 0 aliphatic heterocycles. The second-order valence-electron chi connectivity index (χ2n) is 3.85. The summed E-state index contributed by atoms with van der Waals surface area (Å²) in [6.45, 7) is 2.52. The first-order valence-corrected chi connectivity index (χ1v) is 5.50. The van der Waals surface area contributed by atoms with Gasteiger partial charge in [0.1, 0.15) is 5.82 Å². The monoisotopic (exact) mass is 254 g/mol. The van der Waals surface area contributed by atoms with Gasteiger partial charge >= 0.3 is 12.0 Å². The summed E-state index contributed by atoms with van der Waals surface area (Å²) < 4.78 is 13.1. The van der Waals surface area contributed by atoms with Gasteiger partial charge in [0, 0.05) is 19.3 Å². The van der Waals surface area contributed by atoms with E-state index in [-0.39, 0.29) is 11.7 Å². The first-order chi connectivity index (χ1) is 8.45. The van der Waals surface area contributed by atoms with Gasteiger partial charge in [0.15, 0.2) is 0 Å². The Balaban J connectivity index is 2.82. The molecular weight excluding hydrogens is 239 g/mol. The molecule has 0 saturated heterocycles. The first-order valence-electron chi connectivity index (χ1n) is 5.50. The molecule has 98 valence electrons. The molecule has 0 spiro atoms. The van der Waals surface area contributed by atoms with Gasteiger partial charge in [-0.1, -0.05) is 6.92 Å². The zero-order valence-corrected chi connectivity index (χ0v) is 10.2. The lowest BCUT2D eigenvalue weighted by Crippen LogP contribution is -2.31. The van der Waals surface area contributed by atoms with E-state index in [1.807, 2.05) is 6.92 Å². The van der Waals surface area contributed by atoms with Crippen LogP contribution in [0.2, 0.25) is 0 Å². The number of carboxylic acids is 1. The number of benzene rings is 1. The lowest BCUT2D eigenvalue weighted by atomic mass is 10.2. The molecule has 1 aromatic carbocycles. The predicted octanol–water partition coefficient (Wildman–Crippen LogP) is 2.40. The third kappa shape index (κ3) is 3.44. The van der Waals surface area contributed by atoms with Gasteiger partial charge in [-0.15, -0.1) is 0 Å². The van der Waals surface area contributed by atoms with Crippen LogP contribution in [0, 0.1) is 5.82 Å². The average Bonchev–Trinajstić information content (AvgIpc) is 2.31. The van der Waals surface area contributed by atoms with E-state index in [0.29, 0.717) is 6.54 Å². The van der Waals surface area contributed by atoms with E-state index in [9.17, 15) is 14.0 Å². The maximum absolute atomic E-state index is 13.1. The molecule has 1 aromatic rings. The molecule has 0 aliphatic rings. The number of anilines is 1. The fourth-order valence-corrected chi connectivity index (χ4v) is 1.42. The van der Waals surface area contributed by atoms with E-state index in [0.717, 1.165) is 18.6 Å². The number of hydrogen-bond donors (Lipinski definition) is 2. The smallest absolute Gasteiger partial charge is 0.338 e. The van der Waals surface area contributed by atoms with Crippen LogP contribution < -0.4 is 5.32 Å². The first kappa shape index (κ1) is 14.0. The van der Waals surface area contributed by atoms with Gasteiger partial charge < -0.3 is 15.3 Å². The van der Waals surface area contributed by atoms with Crippen LogP contribution in [0.1, 0.15) is 23.7 Å². The highest BCUT2D eigenvalue weighted by atomic mass is 19.1. The fraction of sp³-hybridized carbons (Fsp3) is 0.333. The molecule has 1 rings (SSSR count). The van der Waals surface area contributed by atoms with Crippen molar-refractivity contribution in [1.29, 1.82) is 0 Å². The molecule has 0 aromatic heterocycles. The Morgan fingerprint density at radius 1 is 1.44 bits per heavy atom. The lowest BCUT2D eigenvalue weighted by molar-refractivity contribution is 0.0692. The van der Waals surface area contributed by atoms with Crippen LogP contribution in [-0.2, 0) is 0 Å². The Morgan fingerprint density at radius 3 is 2.67 bits per heavy atom. The van der Waals surface area contributed by atoms with Crippen LogP contribution in [-0.4, -0.2) is 35.6 Å².